The summed E-state index contributed by atoms with van der Waals surface area (Å²) >= 11 is 3.01. The maximum atomic E-state index is 12.3. The zero-order chi connectivity index (χ0) is 14.4. The molecular formula is C13H22N4OS2. The van der Waals surface area contributed by atoms with Crippen LogP contribution in [0.5, 0.6) is 0 Å². The first-order chi connectivity index (χ1) is 9.74. The number of likely N-dealkylation sites (tertiary alicyclic amines) is 1. The number of carbonyl (C=O) groups excluding carboxylic acids is 1. The number of rotatable bonds is 6. The van der Waals surface area contributed by atoms with E-state index < -0.39 is 0 Å². The Morgan fingerprint density at radius 2 is 2.30 bits per heavy atom. The fraction of sp³-hybridized carbons (Fsp3) is 0.769. The molecule has 1 saturated heterocycles. The molecule has 1 aromatic heterocycles. The maximum Gasteiger partial charge on any atom is 0.233 e. The van der Waals surface area contributed by atoms with Crippen LogP contribution in [0.15, 0.2) is 4.34 Å². The van der Waals surface area contributed by atoms with Gasteiger partial charge < -0.3 is 10.2 Å². The predicted octanol–water partition coefficient (Wildman–Crippen LogP) is 2.85. The Morgan fingerprint density at radius 3 is 3.05 bits per heavy atom. The number of thioether (sulfide) groups is 1. The van der Waals surface area contributed by atoms with E-state index in [0.29, 0.717) is 11.8 Å². The molecule has 2 rings (SSSR count). The second-order valence-corrected chi connectivity index (χ2v) is 7.04. The molecule has 1 N–H and O–H groups in total. The molecule has 5 nitrogen and oxygen atoms in total. The maximum absolute atomic E-state index is 12.3. The topological polar surface area (TPSA) is 58.1 Å². The number of hydrogen-bond acceptors (Lipinski definition) is 6. The minimum Gasteiger partial charge on any atom is -0.360 e. The molecule has 7 heteroatoms. The van der Waals surface area contributed by atoms with Gasteiger partial charge in [-0.25, -0.2) is 0 Å². The summed E-state index contributed by atoms with van der Waals surface area (Å²) < 4.78 is 0.861. The van der Waals surface area contributed by atoms with Crippen LogP contribution in [0.3, 0.4) is 0 Å². The van der Waals surface area contributed by atoms with E-state index in [0.717, 1.165) is 41.8 Å². The number of anilines is 1. The zero-order valence-electron chi connectivity index (χ0n) is 12.1. The van der Waals surface area contributed by atoms with Gasteiger partial charge in [0.05, 0.1) is 5.75 Å². The lowest BCUT2D eigenvalue weighted by Gasteiger charge is -2.35. The first kappa shape index (κ1) is 15.6. The van der Waals surface area contributed by atoms with Gasteiger partial charge in [0, 0.05) is 19.1 Å². The van der Waals surface area contributed by atoms with Crippen LogP contribution in [0.4, 0.5) is 5.13 Å². The fourth-order valence-corrected chi connectivity index (χ4v) is 4.16. The van der Waals surface area contributed by atoms with Crippen LogP contribution in [0.2, 0.25) is 0 Å². The Balaban J connectivity index is 1.84. The number of aromatic nitrogens is 2. The van der Waals surface area contributed by atoms with Crippen molar-refractivity contribution in [2.45, 2.75) is 49.9 Å². The highest BCUT2D eigenvalue weighted by molar-refractivity contribution is 8.01. The van der Waals surface area contributed by atoms with E-state index in [-0.39, 0.29) is 5.91 Å². The van der Waals surface area contributed by atoms with Crippen LogP contribution < -0.4 is 5.32 Å². The number of carbonyl (C=O) groups is 1. The summed E-state index contributed by atoms with van der Waals surface area (Å²) in [5.74, 6) is 0.707. The zero-order valence-corrected chi connectivity index (χ0v) is 13.7. The van der Waals surface area contributed by atoms with Crippen molar-refractivity contribution in [1.82, 2.24) is 15.1 Å². The van der Waals surface area contributed by atoms with Gasteiger partial charge >= 0.3 is 0 Å². The van der Waals surface area contributed by atoms with Crippen molar-refractivity contribution >= 4 is 34.1 Å². The summed E-state index contributed by atoms with van der Waals surface area (Å²) in [4.78, 5) is 14.4. The van der Waals surface area contributed by atoms with E-state index in [4.69, 9.17) is 0 Å². The molecule has 1 atom stereocenters. The second kappa shape index (κ2) is 7.83. The van der Waals surface area contributed by atoms with Gasteiger partial charge in [-0.1, -0.05) is 30.0 Å². The summed E-state index contributed by atoms with van der Waals surface area (Å²) in [5.41, 5.74) is 0. The standard InChI is InChI=1S/C13H22N4OS2/c1-3-10-7-5-6-8-17(10)11(18)9-19-13-16-15-12(20-13)14-4-2/h10H,3-9H2,1-2H3,(H,14,15). The lowest BCUT2D eigenvalue weighted by atomic mass is 10.0. The minimum atomic E-state index is 0.238. The molecule has 1 aliphatic heterocycles. The molecule has 1 aliphatic rings. The third-order valence-electron chi connectivity index (χ3n) is 3.47. The molecule has 0 bridgehead atoms. The highest BCUT2D eigenvalue weighted by Crippen LogP contribution is 2.27. The molecule has 1 amide bonds. The monoisotopic (exact) mass is 314 g/mol. The van der Waals surface area contributed by atoms with Crippen molar-refractivity contribution < 1.29 is 4.79 Å². The molecule has 0 radical (unpaired) electrons. The van der Waals surface area contributed by atoms with E-state index in [1.807, 2.05) is 6.92 Å². The molecule has 20 heavy (non-hydrogen) atoms. The van der Waals surface area contributed by atoms with E-state index in [1.54, 1.807) is 0 Å². The normalized spacial score (nSPS) is 19.1. The smallest absolute Gasteiger partial charge is 0.233 e. The molecule has 0 spiro atoms. The Hall–Kier alpha value is -0.820. The molecule has 0 saturated carbocycles. The van der Waals surface area contributed by atoms with Crippen LogP contribution in [0.25, 0.3) is 0 Å². The molecule has 0 aromatic carbocycles. The molecule has 2 heterocycles. The van der Waals surface area contributed by atoms with Gasteiger partial charge in [-0.3, -0.25) is 4.79 Å². The van der Waals surface area contributed by atoms with Crippen molar-refractivity contribution in [3.8, 4) is 0 Å². The quantitative estimate of drug-likeness (QED) is 0.818. The van der Waals surface area contributed by atoms with Gasteiger partial charge in [0.25, 0.3) is 0 Å². The van der Waals surface area contributed by atoms with Crippen molar-refractivity contribution in [2.75, 3.05) is 24.2 Å². The van der Waals surface area contributed by atoms with Crippen LogP contribution in [0.1, 0.15) is 39.5 Å². The second-order valence-electron chi connectivity index (χ2n) is 4.84. The fourth-order valence-electron chi connectivity index (χ4n) is 2.45. The number of piperidine rings is 1. The Labute approximate surface area is 128 Å². The Kier molecular flexibility index (Phi) is 6.09. The Morgan fingerprint density at radius 1 is 1.45 bits per heavy atom. The first-order valence-electron chi connectivity index (χ1n) is 7.24. The highest BCUT2D eigenvalue weighted by Gasteiger charge is 2.25. The molecule has 1 fully saturated rings. The van der Waals surface area contributed by atoms with E-state index in [1.165, 1.54) is 29.5 Å². The van der Waals surface area contributed by atoms with Crippen LogP contribution >= 0.6 is 23.1 Å². The summed E-state index contributed by atoms with van der Waals surface area (Å²) in [6.45, 7) is 5.94. The van der Waals surface area contributed by atoms with Gasteiger partial charge in [0.15, 0.2) is 4.34 Å². The largest absolute Gasteiger partial charge is 0.360 e. The van der Waals surface area contributed by atoms with Crippen LogP contribution in [-0.4, -0.2) is 45.9 Å². The molecule has 1 unspecified atom stereocenters. The van der Waals surface area contributed by atoms with E-state index >= 15 is 0 Å². The van der Waals surface area contributed by atoms with Crippen molar-refractivity contribution in [3.63, 3.8) is 0 Å². The van der Waals surface area contributed by atoms with Gasteiger partial charge in [0.2, 0.25) is 11.0 Å². The van der Waals surface area contributed by atoms with E-state index in [2.05, 4.69) is 27.3 Å². The molecule has 112 valence electrons. The third-order valence-corrected chi connectivity index (χ3v) is 5.47. The first-order valence-corrected chi connectivity index (χ1v) is 9.04. The molecular weight excluding hydrogens is 292 g/mol. The van der Waals surface area contributed by atoms with Gasteiger partial charge in [-0.05, 0) is 32.6 Å². The highest BCUT2D eigenvalue weighted by atomic mass is 32.2. The van der Waals surface area contributed by atoms with Crippen LogP contribution in [0, 0.1) is 0 Å². The van der Waals surface area contributed by atoms with Crippen molar-refractivity contribution in [2.24, 2.45) is 0 Å². The Bertz CT molecular complexity index is 438. The average molecular weight is 314 g/mol. The number of nitrogens with zero attached hydrogens (tertiary/aromatic N) is 3. The lowest BCUT2D eigenvalue weighted by molar-refractivity contribution is -0.132. The van der Waals surface area contributed by atoms with Crippen molar-refractivity contribution in [1.29, 1.82) is 0 Å². The third kappa shape index (κ3) is 4.09. The summed E-state index contributed by atoms with van der Waals surface area (Å²) in [6.07, 6.45) is 4.59. The summed E-state index contributed by atoms with van der Waals surface area (Å²) in [6, 6.07) is 0.434. The predicted molar refractivity (Wildman–Crippen MR) is 84.4 cm³/mol. The van der Waals surface area contributed by atoms with Crippen molar-refractivity contribution in [3.05, 3.63) is 0 Å². The lowest BCUT2D eigenvalue weighted by Crippen LogP contribution is -2.44. The summed E-state index contributed by atoms with van der Waals surface area (Å²) in [5, 5.41) is 12.1. The summed E-state index contributed by atoms with van der Waals surface area (Å²) in [7, 11) is 0. The average Bonchev–Trinajstić information content (AvgIpc) is 2.93. The number of hydrogen-bond donors (Lipinski definition) is 1. The van der Waals surface area contributed by atoms with Gasteiger partial charge in [-0.2, -0.15) is 0 Å². The number of nitrogens with one attached hydrogen (secondary N) is 1. The molecule has 1 aromatic rings. The van der Waals surface area contributed by atoms with Crippen LogP contribution in [-0.2, 0) is 4.79 Å². The van der Waals surface area contributed by atoms with Gasteiger partial charge in [0.1, 0.15) is 0 Å². The number of amides is 1. The molecule has 0 aliphatic carbocycles. The SMILES string of the molecule is CCNc1nnc(SCC(=O)N2CCCCC2CC)s1. The van der Waals surface area contributed by atoms with Gasteiger partial charge in [-0.15, -0.1) is 10.2 Å². The van der Waals surface area contributed by atoms with E-state index in [9.17, 15) is 4.79 Å². The minimum absolute atomic E-state index is 0.238.